The van der Waals surface area contributed by atoms with E-state index in [1.165, 1.54) is 0 Å². The van der Waals surface area contributed by atoms with Crippen LogP contribution in [0.2, 0.25) is 0 Å². The Morgan fingerprint density at radius 3 is 2.60 bits per heavy atom. The van der Waals surface area contributed by atoms with Gasteiger partial charge in [-0.15, -0.1) is 0 Å². The summed E-state index contributed by atoms with van der Waals surface area (Å²) >= 11 is 6.49. The molecule has 1 amide bonds. The van der Waals surface area contributed by atoms with Gasteiger partial charge in [0, 0.05) is 8.95 Å². The van der Waals surface area contributed by atoms with Crippen molar-refractivity contribution in [3.8, 4) is 0 Å². The first kappa shape index (κ1) is 12.2. The number of esters is 1. The molecule has 6 heteroatoms. The quantitative estimate of drug-likeness (QED) is 0.632. The third-order valence-electron chi connectivity index (χ3n) is 1.55. The predicted molar refractivity (Wildman–Crippen MR) is 62.5 cm³/mol. The molecule has 0 aliphatic carbocycles. The van der Waals surface area contributed by atoms with Gasteiger partial charge < -0.3 is 10.1 Å². The number of halogens is 2. The summed E-state index contributed by atoms with van der Waals surface area (Å²) in [4.78, 5) is 22.0. The second kappa shape index (κ2) is 5.27. The summed E-state index contributed by atoms with van der Waals surface area (Å²) in [5.41, 5.74) is 0.500. The Balaban J connectivity index is 2.85. The maximum Gasteiger partial charge on any atom is 0.396 e. The fraction of sp³-hybridized carbons (Fsp3) is 0.111. The highest BCUT2D eigenvalue weighted by atomic mass is 79.9. The van der Waals surface area contributed by atoms with Crippen molar-refractivity contribution in [3.63, 3.8) is 0 Å². The van der Waals surface area contributed by atoms with Gasteiger partial charge in [0.25, 0.3) is 0 Å². The molecule has 4 nitrogen and oxygen atoms in total. The van der Waals surface area contributed by atoms with Crippen molar-refractivity contribution in [2.75, 3.05) is 12.4 Å². The highest BCUT2D eigenvalue weighted by molar-refractivity contribution is 9.11. The first-order valence-corrected chi connectivity index (χ1v) is 5.47. The van der Waals surface area contributed by atoms with E-state index >= 15 is 0 Å². The van der Waals surface area contributed by atoms with E-state index in [4.69, 9.17) is 0 Å². The van der Waals surface area contributed by atoms with Crippen molar-refractivity contribution < 1.29 is 14.3 Å². The summed E-state index contributed by atoms with van der Waals surface area (Å²) in [6, 6.07) is 5.22. The molecule has 0 heterocycles. The third kappa shape index (κ3) is 3.32. The lowest BCUT2D eigenvalue weighted by atomic mass is 10.3. The van der Waals surface area contributed by atoms with Gasteiger partial charge in [-0.3, -0.25) is 4.79 Å². The molecule has 0 aromatic heterocycles. The van der Waals surface area contributed by atoms with Crippen LogP contribution < -0.4 is 5.32 Å². The Hall–Kier alpha value is -0.880. The zero-order chi connectivity index (χ0) is 11.4. The number of hydrogen-bond donors (Lipinski definition) is 1. The number of amides is 1. The summed E-state index contributed by atoms with van der Waals surface area (Å²) in [6.45, 7) is 0. The van der Waals surface area contributed by atoms with E-state index in [0.717, 1.165) is 11.6 Å². The van der Waals surface area contributed by atoms with Crippen LogP contribution in [0.4, 0.5) is 5.69 Å². The zero-order valence-electron chi connectivity index (χ0n) is 7.71. The smallest absolute Gasteiger partial charge is 0.396 e. The number of anilines is 1. The molecule has 0 saturated heterocycles. The van der Waals surface area contributed by atoms with Gasteiger partial charge in [0.05, 0.1) is 12.8 Å². The lowest BCUT2D eigenvalue weighted by Gasteiger charge is -2.06. The summed E-state index contributed by atoms with van der Waals surface area (Å²) in [7, 11) is 1.15. The molecule has 0 bridgehead atoms. The molecule has 1 rings (SSSR count). The largest absolute Gasteiger partial charge is 0.462 e. The van der Waals surface area contributed by atoms with Crippen molar-refractivity contribution in [2.24, 2.45) is 0 Å². The van der Waals surface area contributed by atoms with Crippen LogP contribution in [0, 0.1) is 0 Å². The van der Waals surface area contributed by atoms with E-state index in [0.29, 0.717) is 10.2 Å². The van der Waals surface area contributed by atoms with Gasteiger partial charge in [0.1, 0.15) is 0 Å². The second-order valence-corrected chi connectivity index (χ2v) is 4.34. The molecular formula is C9H7Br2NO3. The highest BCUT2D eigenvalue weighted by Crippen LogP contribution is 2.25. The van der Waals surface area contributed by atoms with Gasteiger partial charge in [-0.1, -0.05) is 15.9 Å². The Morgan fingerprint density at radius 2 is 2.00 bits per heavy atom. The van der Waals surface area contributed by atoms with Gasteiger partial charge in [0.2, 0.25) is 0 Å². The van der Waals surface area contributed by atoms with Crippen molar-refractivity contribution >= 4 is 49.4 Å². The molecule has 0 atom stereocenters. The average molecular weight is 337 g/mol. The van der Waals surface area contributed by atoms with Gasteiger partial charge in [-0.2, -0.15) is 0 Å². The molecule has 0 unspecified atom stereocenters. The van der Waals surface area contributed by atoms with Gasteiger partial charge in [0.15, 0.2) is 0 Å². The monoisotopic (exact) mass is 335 g/mol. The minimum absolute atomic E-state index is 0.500. The standard InChI is InChI=1S/C9H7Br2NO3/c1-15-9(14)8(13)12-7-4-5(10)2-3-6(7)11/h2-4H,1H3,(H,12,13). The van der Waals surface area contributed by atoms with Crippen LogP contribution in [0.5, 0.6) is 0 Å². The first-order valence-electron chi connectivity index (χ1n) is 3.89. The van der Waals surface area contributed by atoms with Gasteiger partial charge in [-0.25, -0.2) is 4.79 Å². The molecule has 0 radical (unpaired) electrons. The molecule has 80 valence electrons. The van der Waals surface area contributed by atoms with E-state index in [1.54, 1.807) is 18.2 Å². The van der Waals surface area contributed by atoms with E-state index in [9.17, 15) is 9.59 Å². The number of ether oxygens (including phenoxy) is 1. The first-order chi connectivity index (χ1) is 7.04. The SMILES string of the molecule is COC(=O)C(=O)Nc1cc(Br)ccc1Br. The Bertz CT molecular complexity index is 406. The van der Waals surface area contributed by atoms with Crippen LogP contribution in [-0.4, -0.2) is 19.0 Å². The molecule has 15 heavy (non-hydrogen) atoms. The van der Waals surface area contributed by atoms with Crippen LogP contribution in [0.25, 0.3) is 0 Å². The third-order valence-corrected chi connectivity index (χ3v) is 2.73. The van der Waals surface area contributed by atoms with Crippen molar-refractivity contribution in [1.82, 2.24) is 0 Å². The number of rotatable bonds is 1. The number of carbonyl (C=O) groups excluding carboxylic acids is 2. The normalized spacial score (nSPS) is 9.53. The van der Waals surface area contributed by atoms with Crippen molar-refractivity contribution in [1.29, 1.82) is 0 Å². The van der Waals surface area contributed by atoms with Crippen LogP contribution in [-0.2, 0) is 14.3 Å². The van der Waals surface area contributed by atoms with Gasteiger partial charge in [-0.05, 0) is 34.1 Å². The number of hydrogen-bond acceptors (Lipinski definition) is 3. The fourth-order valence-corrected chi connectivity index (χ4v) is 1.57. The fourth-order valence-electron chi connectivity index (χ4n) is 0.859. The molecule has 1 aromatic carbocycles. The molecule has 0 fully saturated rings. The number of benzene rings is 1. The summed E-state index contributed by atoms with van der Waals surface area (Å²) < 4.78 is 5.76. The van der Waals surface area contributed by atoms with Crippen LogP contribution in [0.15, 0.2) is 27.1 Å². The molecular weight excluding hydrogens is 330 g/mol. The highest BCUT2D eigenvalue weighted by Gasteiger charge is 2.14. The van der Waals surface area contributed by atoms with Crippen LogP contribution in [0.1, 0.15) is 0 Å². The van der Waals surface area contributed by atoms with Crippen molar-refractivity contribution in [2.45, 2.75) is 0 Å². The Morgan fingerprint density at radius 1 is 1.33 bits per heavy atom. The minimum atomic E-state index is -0.929. The summed E-state index contributed by atoms with van der Waals surface area (Å²) in [6.07, 6.45) is 0. The zero-order valence-corrected chi connectivity index (χ0v) is 10.9. The molecule has 0 saturated carbocycles. The van der Waals surface area contributed by atoms with E-state index in [1.807, 2.05) is 0 Å². The maximum atomic E-state index is 11.2. The Kier molecular flexibility index (Phi) is 4.28. The molecule has 1 N–H and O–H groups in total. The topological polar surface area (TPSA) is 55.4 Å². The average Bonchev–Trinajstić information content (AvgIpc) is 2.22. The maximum absolute atomic E-state index is 11.2. The molecule has 0 aliphatic heterocycles. The van der Waals surface area contributed by atoms with E-state index < -0.39 is 11.9 Å². The van der Waals surface area contributed by atoms with E-state index in [-0.39, 0.29) is 0 Å². The van der Waals surface area contributed by atoms with Crippen LogP contribution >= 0.6 is 31.9 Å². The van der Waals surface area contributed by atoms with Crippen molar-refractivity contribution in [3.05, 3.63) is 27.1 Å². The lowest BCUT2D eigenvalue weighted by Crippen LogP contribution is -2.23. The van der Waals surface area contributed by atoms with Crippen LogP contribution in [0.3, 0.4) is 0 Å². The number of nitrogens with one attached hydrogen (secondary N) is 1. The molecule has 1 aromatic rings. The lowest BCUT2D eigenvalue weighted by molar-refractivity contribution is -0.150. The van der Waals surface area contributed by atoms with Gasteiger partial charge >= 0.3 is 11.9 Å². The summed E-state index contributed by atoms with van der Waals surface area (Å²) in [5, 5.41) is 2.41. The number of methoxy groups -OCH3 is 1. The van der Waals surface area contributed by atoms with E-state index in [2.05, 4.69) is 41.9 Å². The number of carbonyl (C=O) groups is 2. The summed E-state index contributed by atoms with van der Waals surface area (Å²) in [5.74, 6) is -1.74. The molecule has 0 spiro atoms. The minimum Gasteiger partial charge on any atom is -0.462 e. The molecule has 0 aliphatic rings. The predicted octanol–water partition coefficient (Wildman–Crippen LogP) is 2.32. The Labute approximate surface area is 103 Å². The second-order valence-electron chi connectivity index (χ2n) is 2.57.